The van der Waals surface area contributed by atoms with Crippen LogP contribution in [0.1, 0.15) is 32.6 Å². The molecule has 0 radical (unpaired) electrons. The van der Waals surface area contributed by atoms with E-state index in [0.29, 0.717) is 24.9 Å². The van der Waals surface area contributed by atoms with Gasteiger partial charge in [0.05, 0.1) is 12.0 Å². The van der Waals surface area contributed by atoms with Crippen molar-refractivity contribution in [2.75, 3.05) is 19.7 Å². The van der Waals surface area contributed by atoms with Crippen molar-refractivity contribution < 1.29 is 18.7 Å². The van der Waals surface area contributed by atoms with Crippen LogP contribution in [-0.2, 0) is 4.79 Å². The molecule has 142 valence electrons. The van der Waals surface area contributed by atoms with Crippen LogP contribution < -0.4 is 15.4 Å². The van der Waals surface area contributed by atoms with Crippen LogP contribution in [0.4, 0.5) is 9.18 Å². The Morgan fingerprint density at radius 1 is 1.27 bits per heavy atom. The van der Waals surface area contributed by atoms with Gasteiger partial charge in [-0.05, 0) is 56.9 Å². The fourth-order valence-corrected chi connectivity index (χ4v) is 3.02. The maximum atomic E-state index is 12.9. The standard InChI is InChI=1S/C19H26FN3O3/c1-13(12-26-17-8-4-15(20)5-9-17)21-19(25)23-10-2-3-14(11-23)18(24)22-16-6-7-16/h4-5,8-9,13-14,16H,2-3,6-7,10-12H2,1H3,(H,21,25)(H,22,24)/t13-,14-/m0/s1. The molecule has 3 rings (SSSR count). The average Bonchev–Trinajstić information content (AvgIpc) is 3.45. The van der Waals surface area contributed by atoms with Crippen LogP contribution in [0.2, 0.25) is 0 Å². The first-order valence-corrected chi connectivity index (χ1v) is 9.25. The number of urea groups is 1. The molecule has 2 N–H and O–H groups in total. The molecule has 1 aliphatic heterocycles. The van der Waals surface area contributed by atoms with Crippen molar-refractivity contribution in [3.05, 3.63) is 30.1 Å². The minimum Gasteiger partial charge on any atom is -0.491 e. The number of piperidine rings is 1. The topological polar surface area (TPSA) is 70.7 Å². The van der Waals surface area contributed by atoms with Crippen LogP contribution >= 0.6 is 0 Å². The first kappa shape index (κ1) is 18.5. The molecule has 0 unspecified atom stereocenters. The second-order valence-electron chi connectivity index (χ2n) is 7.18. The Hall–Kier alpha value is -2.31. The maximum Gasteiger partial charge on any atom is 0.317 e. The number of rotatable bonds is 6. The largest absolute Gasteiger partial charge is 0.491 e. The SMILES string of the molecule is C[C@@H](COc1ccc(F)cc1)NC(=O)N1CCC[C@H](C(=O)NC2CC2)C1. The molecule has 1 heterocycles. The van der Waals surface area contributed by atoms with Crippen molar-refractivity contribution in [3.63, 3.8) is 0 Å². The number of halogens is 1. The molecule has 0 bridgehead atoms. The van der Waals surface area contributed by atoms with Crippen molar-refractivity contribution in [2.24, 2.45) is 5.92 Å². The monoisotopic (exact) mass is 363 g/mol. The Bertz CT molecular complexity index is 633. The van der Waals surface area contributed by atoms with Gasteiger partial charge in [0.1, 0.15) is 18.2 Å². The first-order valence-electron chi connectivity index (χ1n) is 9.25. The zero-order chi connectivity index (χ0) is 18.5. The lowest BCUT2D eigenvalue weighted by Gasteiger charge is -2.33. The quantitative estimate of drug-likeness (QED) is 0.815. The van der Waals surface area contributed by atoms with Crippen LogP contribution in [0.15, 0.2) is 24.3 Å². The van der Waals surface area contributed by atoms with Gasteiger partial charge in [-0.1, -0.05) is 0 Å². The number of hydrogen-bond acceptors (Lipinski definition) is 3. The Morgan fingerprint density at radius 3 is 2.69 bits per heavy atom. The Kier molecular flexibility index (Phi) is 5.96. The number of nitrogens with zero attached hydrogens (tertiary/aromatic N) is 1. The van der Waals surface area contributed by atoms with Gasteiger partial charge < -0.3 is 20.3 Å². The van der Waals surface area contributed by atoms with Crippen LogP contribution in [-0.4, -0.2) is 48.6 Å². The molecule has 1 aromatic carbocycles. The van der Waals surface area contributed by atoms with E-state index in [1.54, 1.807) is 17.0 Å². The van der Waals surface area contributed by atoms with E-state index in [1.807, 2.05) is 6.92 Å². The van der Waals surface area contributed by atoms with E-state index >= 15 is 0 Å². The van der Waals surface area contributed by atoms with E-state index < -0.39 is 0 Å². The van der Waals surface area contributed by atoms with Gasteiger partial charge in [0.2, 0.25) is 5.91 Å². The summed E-state index contributed by atoms with van der Waals surface area (Å²) in [7, 11) is 0. The van der Waals surface area contributed by atoms with Crippen molar-refractivity contribution in [3.8, 4) is 5.75 Å². The summed E-state index contributed by atoms with van der Waals surface area (Å²) in [5.74, 6) is 0.185. The molecule has 1 aliphatic carbocycles. The van der Waals surface area contributed by atoms with Gasteiger partial charge in [-0.15, -0.1) is 0 Å². The molecule has 1 saturated heterocycles. The molecule has 0 spiro atoms. The van der Waals surface area contributed by atoms with Gasteiger partial charge in [0, 0.05) is 19.1 Å². The number of benzene rings is 1. The van der Waals surface area contributed by atoms with Crippen molar-refractivity contribution in [1.82, 2.24) is 15.5 Å². The predicted octanol–water partition coefficient (Wildman–Crippen LogP) is 2.29. The minimum atomic E-state index is -0.316. The molecule has 26 heavy (non-hydrogen) atoms. The molecule has 1 aromatic rings. The number of amides is 3. The Balaban J connectivity index is 1.42. The summed E-state index contributed by atoms with van der Waals surface area (Å²) in [6.07, 6.45) is 3.78. The van der Waals surface area contributed by atoms with Gasteiger partial charge >= 0.3 is 6.03 Å². The van der Waals surface area contributed by atoms with E-state index in [9.17, 15) is 14.0 Å². The Morgan fingerprint density at radius 2 is 2.00 bits per heavy atom. The van der Waals surface area contributed by atoms with E-state index in [4.69, 9.17) is 4.74 Å². The molecular formula is C19H26FN3O3. The number of ether oxygens (including phenoxy) is 1. The highest BCUT2D eigenvalue weighted by atomic mass is 19.1. The molecule has 2 atom stereocenters. The van der Waals surface area contributed by atoms with E-state index in [-0.39, 0.29) is 36.3 Å². The number of hydrogen-bond donors (Lipinski definition) is 2. The van der Waals surface area contributed by atoms with E-state index in [2.05, 4.69) is 10.6 Å². The highest BCUT2D eigenvalue weighted by molar-refractivity contribution is 5.81. The molecule has 1 saturated carbocycles. The number of likely N-dealkylation sites (tertiary alicyclic amines) is 1. The summed E-state index contributed by atoms with van der Waals surface area (Å²) in [5, 5.41) is 5.92. The third kappa shape index (κ3) is 5.34. The van der Waals surface area contributed by atoms with Crippen LogP contribution in [0.5, 0.6) is 5.75 Å². The van der Waals surface area contributed by atoms with Crippen LogP contribution in [0.3, 0.4) is 0 Å². The van der Waals surface area contributed by atoms with Crippen molar-refractivity contribution in [1.29, 1.82) is 0 Å². The van der Waals surface area contributed by atoms with Crippen LogP contribution in [0.25, 0.3) is 0 Å². The lowest BCUT2D eigenvalue weighted by atomic mass is 9.97. The highest BCUT2D eigenvalue weighted by Gasteiger charge is 2.32. The molecule has 2 fully saturated rings. The molecule has 0 aromatic heterocycles. The summed E-state index contributed by atoms with van der Waals surface area (Å²) >= 11 is 0. The zero-order valence-electron chi connectivity index (χ0n) is 15.0. The summed E-state index contributed by atoms with van der Waals surface area (Å²) in [6, 6.07) is 5.74. The average molecular weight is 363 g/mol. The van der Waals surface area contributed by atoms with Gasteiger partial charge in [-0.2, -0.15) is 0 Å². The predicted molar refractivity (Wildman–Crippen MR) is 95.4 cm³/mol. The summed E-state index contributed by atoms with van der Waals surface area (Å²) in [6.45, 7) is 3.25. The molecule has 6 nitrogen and oxygen atoms in total. The van der Waals surface area contributed by atoms with Gasteiger partial charge in [-0.3, -0.25) is 4.79 Å². The van der Waals surface area contributed by atoms with Gasteiger partial charge in [0.15, 0.2) is 0 Å². The first-order chi connectivity index (χ1) is 12.5. The third-order valence-electron chi connectivity index (χ3n) is 4.69. The zero-order valence-corrected chi connectivity index (χ0v) is 15.0. The lowest BCUT2D eigenvalue weighted by Crippen LogP contribution is -2.51. The van der Waals surface area contributed by atoms with Gasteiger partial charge in [-0.25, -0.2) is 9.18 Å². The summed E-state index contributed by atoms with van der Waals surface area (Å²) < 4.78 is 18.4. The minimum absolute atomic E-state index is 0.0673. The lowest BCUT2D eigenvalue weighted by molar-refractivity contribution is -0.126. The molecule has 7 heteroatoms. The number of nitrogens with one attached hydrogen (secondary N) is 2. The second kappa shape index (κ2) is 8.38. The fourth-order valence-electron chi connectivity index (χ4n) is 3.02. The van der Waals surface area contributed by atoms with Crippen molar-refractivity contribution in [2.45, 2.75) is 44.7 Å². The third-order valence-corrected chi connectivity index (χ3v) is 4.69. The summed E-state index contributed by atoms with van der Waals surface area (Å²) in [4.78, 5) is 26.4. The molecule has 3 amide bonds. The second-order valence-corrected chi connectivity index (χ2v) is 7.18. The molecular weight excluding hydrogens is 337 g/mol. The number of carbonyl (C=O) groups excluding carboxylic acids is 2. The van der Waals surface area contributed by atoms with Crippen molar-refractivity contribution >= 4 is 11.9 Å². The highest BCUT2D eigenvalue weighted by Crippen LogP contribution is 2.22. The maximum absolute atomic E-state index is 12.9. The molecule has 2 aliphatic rings. The summed E-state index contributed by atoms with van der Waals surface area (Å²) in [5.41, 5.74) is 0. The smallest absolute Gasteiger partial charge is 0.317 e. The van der Waals surface area contributed by atoms with E-state index in [0.717, 1.165) is 25.7 Å². The van der Waals surface area contributed by atoms with Gasteiger partial charge in [0.25, 0.3) is 0 Å². The Labute approximate surface area is 153 Å². The normalized spacial score (nSPS) is 21.0. The number of carbonyl (C=O) groups is 2. The van der Waals surface area contributed by atoms with Crippen LogP contribution in [0, 0.1) is 11.7 Å². The fraction of sp³-hybridized carbons (Fsp3) is 0.579. The van der Waals surface area contributed by atoms with E-state index in [1.165, 1.54) is 12.1 Å².